The number of likely N-dealkylation sites (tertiary alicyclic amines) is 1. The van der Waals surface area contributed by atoms with Crippen molar-refractivity contribution in [3.8, 4) is 0 Å². The molecule has 0 bridgehead atoms. The predicted octanol–water partition coefficient (Wildman–Crippen LogP) is 3.58. The maximum Gasteiger partial charge on any atom is 0.223 e. The Morgan fingerprint density at radius 3 is 2.36 bits per heavy atom. The highest BCUT2D eigenvalue weighted by Gasteiger charge is 2.26. The van der Waals surface area contributed by atoms with Crippen molar-refractivity contribution >= 4 is 5.91 Å². The number of benzene rings is 2. The van der Waals surface area contributed by atoms with E-state index in [0.717, 1.165) is 18.4 Å². The van der Waals surface area contributed by atoms with Gasteiger partial charge in [-0.25, -0.2) is 4.39 Å². The van der Waals surface area contributed by atoms with Crippen molar-refractivity contribution in [1.29, 1.82) is 0 Å². The third kappa shape index (κ3) is 4.26. The molecular formula is C21H24FNO2. The molecule has 1 aliphatic heterocycles. The van der Waals surface area contributed by atoms with E-state index in [-0.39, 0.29) is 30.7 Å². The van der Waals surface area contributed by atoms with Crippen LogP contribution in [-0.2, 0) is 4.79 Å². The van der Waals surface area contributed by atoms with Crippen molar-refractivity contribution in [2.45, 2.75) is 25.2 Å². The van der Waals surface area contributed by atoms with Crippen molar-refractivity contribution in [2.24, 2.45) is 5.92 Å². The first-order valence-electron chi connectivity index (χ1n) is 8.87. The predicted molar refractivity (Wildman–Crippen MR) is 95.7 cm³/mol. The number of piperidine rings is 1. The second kappa shape index (κ2) is 8.26. The van der Waals surface area contributed by atoms with E-state index in [1.54, 1.807) is 12.1 Å². The Balaban J connectivity index is 1.79. The number of halogens is 1. The molecule has 0 aromatic heterocycles. The summed E-state index contributed by atoms with van der Waals surface area (Å²) in [6, 6.07) is 16.3. The van der Waals surface area contributed by atoms with Crippen LogP contribution in [0.15, 0.2) is 54.6 Å². The second-order valence-corrected chi connectivity index (χ2v) is 6.70. The lowest BCUT2D eigenvalue weighted by atomic mass is 9.87. The molecule has 3 rings (SSSR count). The van der Waals surface area contributed by atoms with Crippen LogP contribution in [-0.4, -0.2) is 35.6 Å². The summed E-state index contributed by atoms with van der Waals surface area (Å²) in [5.41, 5.74) is 1.51. The minimum Gasteiger partial charge on any atom is -0.396 e. The minimum atomic E-state index is -0.287. The van der Waals surface area contributed by atoms with Crippen LogP contribution in [0.4, 0.5) is 4.39 Å². The molecule has 1 fully saturated rings. The molecule has 1 heterocycles. The topological polar surface area (TPSA) is 40.5 Å². The maximum absolute atomic E-state index is 14.4. The Bertz CT molecular complexity index is 696. The average molecular weight is 341 g/mol. The zero-order chi connectivity index (χ0) is 17.6. The number of amides is 1. The number of carbonyl (C=O) groups excluding carboxylic acids is 1. The Morgan fingerprint density at radius 2 is 1.72 bits per heavy atom. The monoisotopic (exact) mass is 341 g/mol. The summed E-state index contributed by atoms with van der Waals surface area (Å²) in [6.45, 7) is 1.52. The summed E-state index contributed by atoms with van der Waals surface area (Å²) < 4.78 is 14.4. The van der Waals surface area contributed by atoms with Gasteiger partial charge in [-0.05, 0) is 36.0 Å². The first-order valence-corrected chi connectivity index (χ1v) is 8.87. The summed E-state index contributed by atoms with van der Waals surface area (Å²) in [6.07, 6.45) is 1.92. The molecule has 25 heavy (non-hydrogen) atoms. The van der Waals surface area contributed by atoms with Gasteiger partial charge < -0.3 is 10.0 Å². The SMILES string of the molecule is O=C(CC(c1ccccc1)c1ccccc1F)N1CCC(CO)CC1. The van der Waals surface area contributed by atoms with Gasteiger partial charge in [0.15, 0.2) is 0 Å². The first kappa shape index (κ1) is 17.6. The molecule has 4 heteroatoms. The number of hydrogen-bond acceptors (Lipinski definition) is 2. The van der Waals surface area contributed by atoms with Gasteiger partial charge in [0.1, 0.15) is 5.82 Å². The molecule has 1 aliphatic rings. The van der Waals surface area contributed by atoms with E-state index in [9.17, 15) is 14.3 Å². The summed E-state index contributed by atoms with van der Waals surface area (Å²) in [7, 11) is 0. The summed E-state index contributed by atoms with van der Waals surface area (Å²) in [5, 5.41) is 9.24. The van der Waals surface area contributed by atoms with Gasteiger partial charge in [-0.1, -0.05) is 48.5 Å². The van der Waals surface area contributed by atoms with E-state index in [1.807, 2.05) is 41.3 Å². The fourth-order valence-corrected chi connectivity index (χ4v) is 3.52. The molecule has 0 spiro atoms. The number of aliphatic hydroxyl groups is 1. The molecule has 0 saturated carbocycles. The van der Waals surface area contributed by atoms with E-state index in [1.165, 1.54) is 6.07 Å². The fraction of sp³-hybridized carbons (Fsp3) is 0.381. The van der Waals surface area contributed by atoms with Crippen LogP contribution in [0, 0.1) is 11.7 Å². The van der Waals surface area contributed by atoms with E-state index in [4.69, 9.17) is 0 Å². The van der Waals surface area contributed by atoms with Crippen LogP contribution in [0.3, 0.4) is 0 Å². The molecule has 1 N–H and O–H groups in total. The van der Waals surface area contributed by atoms with Gasteiger partial charge in [-0.2, -0.15) is 0 Å². The first-order chi connectivity index (χ1) is 12.2. The molecule has 1 saturated heterocycles. The lowest BCUT2D eigenvalue weighted by molar-refractivity contribution is -0.133. The molecule has 2 aromatic rings. The van der Waals surface area contributed by atoms with Crippen molar-refractivity contribution in [2.75, 3.05) is 19.7 Å². The largest absolute Gasteiger partial charge is 0.396 e. The Kier molecular flexibility index (Phi) is 5.82. The number of aliphatic hydroxyl groups excluding tert-OH is 1. The highest BCUT2D eigenvalue weighted by molar-refractivity contribution is 5.78. The maximum atomic E-state index is 14.4. The van der Waals surface area contributed by atoms with Gasteiger partial charge in [-0.3, -0.25) is 4.79 Å². The zero-order valence-electron chi connectivity index (χ0n) is 14.3. The fourth-order valence-electron chi connectivity index (χ4n) is 3.52. The highest BCUT2D eigenvalue weighted by atomic mass is 19.1. The van der Waals surface area contributed by atoms with Crippen LogP contribution in [0.25, 0.3) is 0 Å². The Hall–Kier alpha value is -2.20. The van der Waals surface area contributed by atoms with E-state index >= 15 is 0 Å². The average Bonchev–Trinajstić information content (AvgIpc) is 2.67. The standard InChI is InChI=1S/C21H24FNO2/c22-20-9-5-4-8-18(20)19(17-6-2-1-3-7-17)14-21(25)23-12-10-16(15-24)11-13-23/h1-9,16,19,24H,10-15H2. The third-order valence-corrected chi connectivity index (χ3v) is 5.09. The Morgan fingerprint density at radius 1 is 1.08 bits per heavy atom. The van der Waals surface area contributed by atoms with Crippen molar-refractivity contribution in [1.82, 2.24) is 4.90 Å². The number of hydrogen-bond donors (Lipinski definition) is 1. The molecular weight excluding hydrogens is 317 g/mol. The van der Waals surface area contributed by atoms with Gasteiger partial charge in [0.2, 0.25) is 5.91 Å². The van der Waals surface area contributed by atoms with Gasteiger partial charge in [0.05, 0.1) is 0 Å². The quantitative estimate of drug-likeness (QED) is 0.903. The smallest absolute Gasteiger partial charge is 0.223 e. The molecule has 1 unspecified atom stereocenters. The zero-order valence-corrected chi connectivity index (χ0v) is 14.3. The van der Waals surface area contributed by atoms with Crippen LogP contribution < -0.4 is 0 Å². The number of nitrogens with zero attached hydrogens (tertiary/aromatic N) is 1. The molecule has 132 valence electrons. The number of carbonyl (C=O) groups is 1. The van der Waals surface area contributed by atoms with Gasteiger partial charge in [0.25, 0.3) is 0 Å². The highest BCUT2D eigenvalue weighted by Crippen LogP contribution is 2.31. The molecule has 0 aliphatic carbocycles. The van der Waals surface area contributed by atoms with E-state index in [0.29, 0.717) is 24.6 Å². The van der Waals surface area contributed by atoms with E-state index in [2.05, 4.69) is 0 Å². The van der Waals surface area contributed by atoms with Gasteiger partial charge in [-0.15, -0.1) is 0 Å². The van der Waals surface area contributed by atoms with Crippen LogP contribution in [0.5, 0.6) is 0 Å². The van der Waals surface area contributed by atoms with Crippen LogP contribution >= 0.6 is 0 Å². The van der Waals surface area contributed by atoms with Crippen molar-refractivity contribution < 1.29 is 14.3 Å². The van der Waals surface area contributed by atoms with Gasteiger partial charge in [0, 0.05) is 32.0 Å². The van der Waals surface area contributed by atoms with Crippen LogP contribution in [0.2, 0.25) is 0 Å². The molecule has 3 nitrogen and oxygen atoms in total. The normalized spacial score (nSPS) is 16.6. The number of rotatable bonds is 5. The summed E-state index contributed by atoms with van der Waals surface area (Å²) in [5.74, 6) is -0.220. The van der Waals surface area contributed by atoms with Crippen LogP contribution in [0.1, 0.15) is 36.3 Å². The lowest BCUT2D eigenvalue weighted by Gasteiger charge is -2.32. The van der Waals surface area contributed by atoms with Crippen molar-refractivity contribution in [3.05, 3.63) is 71.5 Å². The molecule has 1 amide bonds. The Labute approximate surface area is 148 Å². The molecule has 1 atom stereocenters. The third-order valence-electron chi connectivity index (χ3n) is 5.09. The van der Waals surface area contributed by atoms with Gasteiger partial charge >= 0.3 is 0 Å². The lowest BCUT2D eigenvalue weighted by Crippen LogP contribution is -2.39. The van der Waals surface area contributed by atoms with Crippen molar-refractivity contribution in [3.63, 3.8) is 0 Å². The molecule has 2 aromatic carbocycles. The minimum absolute atomic E-state index is 0.0495. The second-order valence-electron chi connectivity index (χ2n) is 6.70. The van der Waals surface area contributed by atoms with E-state index < -0.39 is 0 Å². The molecule has 0 radical (unpaired) electrons. The summed E-state index contributed by atoms with van der Waals surface area (Å²) >= 11 is 0. The summed E-state index contributed by atoms with van der Waals surface area (Å²) in [4.78, 5) is 14.7.